The molecule has 1 fully saturated rings. The van der Waals surface area contributed by atoms with Crippen LogP contribution in [0.15, 0.2) is 22.7 Å². The first kappa shape index (κ1) is 24.6. The van der Waals surface area contributed by atoms with E-state index < -0.39 is 18.1 Å². The number of primary amides is 1. The lowest BCUT2D eigenvalue weighted by Gasteiger charge is -2.18. The van der Waals surface area contributed by atoms with Crippen LogP contribution in [-0.2, 0) is 11.2 Å². The number of nitrogens with one attached hydrogen (secondary N) is 1. The number of hydrogen-bond acceptors (Lipinski definition) is 10. The molecule has 1 aliphatic carbocycles. The molecule has 0 bridgehead atoms. The topological polar surface area (TPSA) is 170 Å². The van der Waals surface area contributed by atoms with Crippen LogP contribution >= 0.6 is 0 Å². The molecular formula is C24H30N6O5. The Bertz CT molecular complexity index is 1210. The number of anilines is 1. The van der Waals surface area contributed by atoms with Crippen molar-refractivity contribution in [3.05, 3.63) is 35.0 Å². The summed E-state index contributed by atoms with van der Waals surface area (Å²) in [5, 5.41) is 27.1. The van der Waals surface area contributed by atoms with Gasteiger partial charge < -0.3 is 30.5 Å². The Morgan fingerprint density at radius 3 is 2.69 bits per heavy atom. The van der Waals surface area contributed by atoms with E-state index in [4.69, 9.17) is 15.0 Å². The molecule has 35 heavy (non-hydrogen) atoms. The summed E-state index contributed by atoms with van der Waals surface area (Å²) in [4.78, 5) is 24.5. The van der Waals surface area contributed by atoms with Crippen LogP contribution in [0.2, 0.25) is 0 Å². The molecule has 2 atom stereocenters. The molecule has 0 spiro atoms. The van der Waals surface area contributed by atoms with Crippen molar-refractivity contribution in [1.29, 1.82) is 0 Å². The molecule has 1 amide bonds. The maximum absolute atomic E-state index is 11.0. The number of aliphatic hydroxyl groups excluding tert-OH is 2. The van der Waals surface area contributed by atoms with E-state index in [-0.39, 0.29) is 13.0 Å². The van der Waals surface area contributed by atoms with Gasteiger partial charge in [-0.3, -0.25) is 4.79 Å². The predicted molar refractivity (Wildman–Crippen MR) is 128 cm³/mol. The van der Waals surface area contributed by atoms with E-state index in [0.29, 0.717) is 41.6 Å². The molecule has 2 aromatic heterocycles. The zero-order valence-electron chi connectivity index (χ0n) is 20.0. The third-order valence-corrected chi connectivity index (χ3v) is 5.64. The van der Waals surface area contributed by atoms with Crippen LogP contribution in [0.1, 0.15) is 43.0 Å². The van der Waals surface area contributed by atoms with Gasteiger partial charge in [0.2, 0.25) is 17.7 Å². The number of ether oxygens (including phenoxy) is 1. The van der Waals surface area contributed by atoms with E-state index in [1.807, 2.05) is 32.9 Å². The van der Waals surface area contributed by atoms with Gasteiger partial charge in [-0.1, -0.05) is 12.1 Å². The summed E-state index contributed by atoms with van der Waals surface area (Å²) in [6.45, 7) is 5.67. The zero-order valence-corrected chi connectivity index (χ0v) is 20.0. The summed E-state index contributed by atoms with van der Waals surface area (Å²) in [6, 6.07) is 6.01. The van der Waals surface area contributed by atoms with Gasteiger partial charge in [-0.15, -0.1) is 0 Å². The summed E-state index contributed by atoms with van der Waals surface area (Å²) < 4.78 is 11.3. The van der Waals surface area contributed by atoms with Gasteiger partial charge >= 0.3 is 0 Å². The van der Waals surface area contributed by atoms with Crippen molar-refractivity contribution in [3.8, 4) is 28.7 Å². The van der Waals surface area contributed by atoms with Gasteiger partial charge in [0.25, 0.3) is 5.89 Å². The molecule has 2 heterocycles. The molecule has 0 saturated heterocycles. The largest absolute Gasteiger partial charge is 0.490 e. The number of carbonyl (C=O) groups is 1. The highest BCUT2D eigenvalue weighted by Crippen LogP contribution is 2.31. The van der Waals surface area contributed by atoms with Crippen molar-refractivity contribution < 1.29 is 24.3 Å². The average Bonchev–Trinajstić information content (AvgIpc) is 3.48. The summed E-state index contributed by atoms with van der Waals surface area (Å²) in [7, 11) is 0. The van der Waals surface area contributed by atoms with E-state index >= 15 is 0 Å². The molecule has 0 radical (unpaired) electrons. The minimum absolute atomic E-state index is 0.0891. The molecule has 1 aliphatic rings. The van der Waals surface area contributed by atoms with Crippen molar-refractivity contribution in [2.75, 3.05) is 11.9 Å². The summed E-state index contributed by atoms with van der Waals surface area (Å²) >= 11 is 0. The highest BCUT2D eigenvalue weighted by atomic mass is 16.5. The van der Waals surface area contributed by atoms with Gasteiger partial charge in [-0.25, -0.2) is 9.97 Å². The van der Waals surface area contributed by atoms with E-state index in [9.17, 15) is 15.0 Å². The fourth-order valence-electron chi connectivity index (χ4n) is 3.66. The summed E-state index contributed by atoms with van der Waals surface area (Å²) in [6.07, 6.45) is 0.233. The molecule has 0 aliphatic heterocycles. The number of aromatic nitrogens is 4. The average molecular weight is 483 g/mol. The van der Waals surface area contributed by atoms with E-state index in [1.54, 1.807) is 6.07 Å². The molecule has 11 heteroatoms. The standard InChI is InChI=1S/C24H30N6O5/c1-4-14-9-15(7-12(2)20(14)34-11-17(31)10-19(32)21(25)33)22-29-23(35-30-22)18-8-13(3)26-24(28-18)27-16-5-6-16/h7-9,16-17,19,31-32H,4-6,10-11H2,1-3H3,(H2,25,33)(H,26,27,28)/t17-,19?/m0/s1. The van der Waals surface area contributed by atoms with Gasteiger partial charge in [-0.05, 0) is 62.4 Å². The molecule has 4 rings (SSSR count). The number of nitrogens with two attached hydrogens (primary N) is 1. The maximum atomic E-state index is 11.0. The number of benzene rings is 1. The Balaban J connectivity index is 1.52. The van der Waals surface area contributed by atoms with Gasteiger partial charge in [0.15, 0.2) is 0 Å². The maximum Gasteiger partial charge on any atom is 0.277 e. The number of hydrogen-bond donors (Lipinski definition) is 4. The normalized spacial score (nSPS) is 15.0. The fraction of sp³-hybridized carbons (Fsp3) is 0.458. The lowest BCUT2D eigenvalue weighted by atomic mass is 10.0. The monoisotopic (exact) mass is 482 g/mol. The Morgan fingerprint density at radius 2 is 2.00 bits per heavy atom. The first-order valence-corrected chi connectivity index (χ1v) is 11.6. The highest BCUT2D eigenvalue weighted by Gasteiger charge is 2.23. The van der Waals surface area contributed by atoms with Crippen LogP contribution < -0.4 is 15.8 Å². The first-order chi connectivity index (χ1) is 16.7. The van der Waals surface area contributed by atoms with Crippen molar-refractivity contribution in [1.82, 2.24) is 20.1 Å². The Morgan fingerprint density at radius 1 is 1.23 bits per heavy atom. The lowest BCUT2D eigenvalue weighted by molar-refractivity contribution is -0.127. The van der Waals surface area contributed by atoms with Gasteiger partial charge in [-0.2, -0.15) is 4.98 Å². The minimum atomic E-state index is -1.42. The highest BCUT2D eigenvalue weighted by molar-refractivity contribution is 5.78. The lowest BCUT2D eigenvalue weighted by Crippen LogP contribution is -2.33. The summed E-state index contributed by atoms with van der Waals surface area (Å²) in [5.74, 6) is 1.01. The fourth-order valence-corrected chi connectivity index (χ4v) is 3.66. The molecule has 186 valence electrons. The number of carbonyl (C=O) groups excluding carboxylic acids is 1. The minimum Gasteiger partial charge on any atom is -0.490 e. The molecule has 3 aromatic rings. The van der Waals surface area contributed by atoms with Crippen LogP contribution in [0.4, 0.5) is 5.95 Å². The number of nitrogens with zero attached hydrogens (tertiary/aromatic N) is 4. The molecule has 1 unspecified atom stereocenters. The number of amides is 1. The molecule has 11 nitrogen and oxygen atoms in total. The molecule has 1 saturated carbocycles. The molecule has 5 N–H and O–H groups in total. The van der Waals surface area contributed by atoms with Gasteiger partial charge in [0.1, 0.15) is 24.2 Å². The van der Waals surface area contributed by atoms with E-state index in [0.717, 1.165) is 35.2 Å². The SMILES string of the molecule is CCc1cc(-c2noc(-c3cc(C)nc(NC4CC4)n3)n2)cc(C)c1OC[C@@H](O)CC(O)C(N)=O. The van der Waals surface area contributed by atoms with Crippen LogP contribution in [0.3, 0.4) is 0 Å². The van der Waals surface area contributed by atoms with E-state index in [1.165, 1.54) is 0 Å². The first-order valence-electron chi connectivity index (χ1n) is 11.6. The smallest absolute Gasteiger partial charge is 0.277 e. The number of aliphatic hydroxyl groups is 2. The number of rotatable bonds is 11. The van der Waals surface area contributed by atoms with Crippen LogP contribution in [0.5, 0.6) is 5.75 Å². The Labute approximate surface area is 202 Å². The van der Waals surface area contributed by atoms with Gasteiger partial charge in [0, 0.05) is 23.7 Å². The van der Waals surface area contributed by atoms with Crippen molar-refractivity contribution in [2.45, 2.75) is 64.7 Å². The summed E-state index contributed by atoms with van der Waals surface area (Å²) in [5.41, 5.74) is 8.86. The molecular weight excluding hydrogens is 452 g/mol. The van der Waals surface area contributed by atoms with Crippen molar-refractivity contribution in [3.63, 3.8) is 0 Å². The second-order valence-corrected chi connectivity index (χ2v) is 8.81. The molecule has 1 aromatic carbocycles. The predicted octanol–water partition coefficient (Wildman–Crippen LogP) is 1.92. The third-order valence-electron chi connectivity index (χ3n) is 5.64. The second-order valence-electron chi connectivity index (χ2n) is 8.81. The van der Waals surface area contributed by atoms with Crippen molar-refractivity contribution in [2.24, 2.45) is 5.73 Å². The van der Waals surface area contributed by atoms with Crippen LogP contribution in [0.25, 0.3) is 23.0 Å². The Hall–Kier alpha value is -3.57. The quantitative estimate of drug-likeness (QED) is 0.317. The third kappa shape index (κ3) is 6.11. The second kappa shape index (κ2) is 10.4. The van der Waals surface area contributed by atoms with Crippen LogP contribution in [-0.4, -0.2) is 61.1 Å². The number of aryl methyl sites for hydroxylation is 3. The zero-order chi connectivity index (χ0) is 25.1. The van der Waals surface area contributed by atoms with E-state index in [2.05, 4.69) is 25.4 Å². The Kier molecular flexibility index (Phi) is 7.27. The van der Waals surface area contributed by atoms with Crippen molar-refractivity contribution >= 4 is 11.9 Å². The van der Waals surface area contributed by atoms with Crippen LogP contribution in [0, 0.1) is 13.8 Å². The van der Waals surface area contributed by atoms with Gasteiger partial charge in [0.05, 0.1) is 6.10 Å².